The molecule has 2 N–H and O–H groups in total. The first-order valence-corrected chi connectivity index (χ1v) is 8.85. The normalized spacial score (nSPS) is 23.5. The number of benzene rings is 1. The number of aliphatic carboxylic acids is 1. The van der Waals surface area contributed by atoms with Crippen LogP contribution in [0.3, 0.4) is 0 Å². The summed E-state index contributed by atoms with van der Waals surface area (Å²) in [5.41, 5.74) is 2.88. The molecule has 25 heavy (non-hydrogen) atoms. The molecule has 1 saturated carbocycles. The first kappa shape index (κ1) is 16.1. The Kier molecular flexibility index (Phi) is 3.98. The molecule has 2 aromatic rings. The number of carboxylic acids is 1. The number of nitrogens with zero attached hydrogens (tertiary/aromatic N) is 1. The van der Waals surface area contributed by atoms with Crippen molar-refractivity contribution in [1.82, 2.24) is 9.88 Å². The van der Waals surface area contributed by atoms with Crippen LogP contribution in [0, 0.1) is 17.7 Å². The summed E-state index contributed by atoms with van der Waals surface area (Å²) in [5, 5.41) is 10.2. The minimum absolute atomic E-state index is 0.0662. The first-order valence-electron chi connectivity index (χ1n) is 8.85. The average molecular weight is 344 g/mol. The molecular weight excluding hydrogens is 323 g/mol. The van der Waals surface area contributed by atoms with Gasteiger partial charge >= 0.3 is 5.97 Å². The number of carboxylic acid groups (broad SMARTS) is 1. The third-order valence-electron chi connectivity index (χ3n) is 5.65. The van der Waals surface area contributed by atoms with E-state index in [0.29, 0.717) is 32.4 Å². The fourth-order valence-electron chi connectivity index (χ4n) is 4.33. The smallest absolute Gasteiger partial charge is 0.307 e. The Morgan fingerprint density at radius 3 is 2.72 bits per heavy atom. The molecule has 5 nitrogen and oxygen atoms in total. The molecule has 6 heteroatoms. The van der Waals surface area contributed by atoms with Crippen LogP contribution in [-0.2, 0) is 22.6 Å². The van der Waals surface area contributed by atoms with Gasteiger partial charge in [-0.05, 0) is 31.0 Å². The lowest BCUT2D eigenvalue weighted by atomic mass is 9.78. The van der Waals surface area contributed by atoms with Crippen LogP contribution in [-0.4, -0.2) is 33.4 Å². The monoisotopic (exact) mass is 344 g/mol. The maximum Gasteiger partial charge on any atom is 0.307 e. The number of halogens is 1. The van der Waals surface area contributed by atoms with Crippen molar-refractivity contribution in [2.45, 2.75) is 38.6 Å². The number of aromatic nitrogens is 1. The van der Waals surface area contributed by atoms with Crippen molar-refractivity contribution in [2.75, 3.05) is 6.54 Å². The van der Waals surface area contributed by atoms with E-state index in [-0.39, 0.29) is 11.7 Å². The second-order valence-electron chi connectivity index (χ2n) is 7.12. The number of hydrogen-bond donors (Lipinski definition) is 2. The summed E-state index contributed by atoms with van der Waals surface area (Å²) in [6.45, 7) is 0.991. The molecule has 0 spiro atoms. The third kappa shape index (κ3) is 2.79. The summed E-state index contributed by atoms with van der Waals surface area (Å²) in [5.74, 6) is -2.25. The molecule has 1 aliphatic heterocycles. The Morgan fingerprint density at radius 1 is 1.20 bits per heavy atom. The molecule has 1 amide bonds. The van der Waals surface area contributed by atoms with Crippen molar-refractivity contribution in [3.63, 3.8) is 0 Å². The van der Waals surface area contributed by atoms with Gasteiger partial charge in [0.25, 0.3) is 0 Å². The van der Waals surface area contributed by atoms with Gasteiger partial charge in [-0.1, -0.05) is 12.8 Å². The number of carbonyl (C=O) groups is 2. The van der Waals surface area contributed by atoms with E-state index in [2.05, 4.69) is 4.98 Å². The van der Waals surface area contributed by atoms with Crippen molar-refractivity contribution in [1.29, 1.82) is 0 Å². The summed E-state index contributed by atoms with van der Waals surface area (Å²) in [6, 6.07) is 4.64. The van der Waals surface area contributed by atoms with Crippen molar-refractivity contribution >= 4 is 22.8 Å². The van der Waals surface area contributed by atoms with Crippen LogP contribution in [0.5, 0.6) is 0 Å². The van der Waals surface area contributed by atoms with Gasteiger partial charge in [0.1, 0.15) is 5.82 Å². The highest BCUT2D eigenvalue weighted by Gasteiger charge is 2.38. The maximum absolute atomic E-state index is 13.6. The number of H-pyrrole nitrogens is 1. The predicted molar refractivity (Wildman–Crippen MR) is 90.5 cm³/mol. The fourth-order valence-corrected chi connectivity index (χ4v) is 4.33. The minimum atomic E-state index is -0.870. The summed E-state index contributed by atoms with van der Waals surface area (Å²) >= 11 is 0. The van der Waals surface area contributed by atoms with E-state index in [9.17, 15) is 19.1 Å². The van der Waals surface area contributed by atoms with Crippen LogP contribution in [0.25, 0.3) is 10.9 Å². The summed E-state index contributed by atoms with van der Waals surface area (Å²) in [6.07, 6.45) is 3.66. The highest BCUT2D eigenvalue weighted by Crippen LogP contribution is 2.34. The molecule has 2 atom stereocenters. The second kappa shape index (κ2) is 6.17. The third-order valence-corrected chi connectivity index (χ3v) is 5.65. The number of carbonyl (C=O) groups excluding carboxylic acids is 1. The average Bonchev–Trinajstić information content (AvgIpc) is 2.98. The Bertz CT molecular complexity index is 845. The van der Waals surface area contributed by atoms with Gasteiger partial charge in [0, 0.05) is 41.7 Å². The van der Waals surface area contributed by atoms with Gasteiger partial charge in [-0.2, -0.15) is 0 Å². The van der Waals surface area contributed by atoms with Crippen LogP contribution in [0.1, 0.15) is 36.9 Å². The van der Waals surface area contributed by atoms with Gasteiger partial charge < -0.3 is 15.0 Å². The minimum Gasteiger partial charge on any atom is -0.481 e. The second-order valence-corrected chi connectivity index (χ2v) is 7.12. The molecular formula is C19H21FN2O3. The summed E-state index contributed by atoms with van der Waals surface area (Å²) < 4.78 is 13.6. The van der Waals surface area contributed by atoms with Gasteiger partial charge in [0.2, 0.25) is 5.91 Å². The highest BCUT2D eigenvalue weighted by molar-refractivity contribution is 5.88. The molecule has 2 heterocycles. The molecule has 0 radical (unpaired) electrons. The molecule has 4 rings (SSSR count). The van der Waals surface area contributed by atoms with Crippen molar-refractivity contribution < 1.29 is 19.1 Å². The quantitative estimate of drug-likeness (QED) is 0.879. The van der Waals surface area contributed by atoms with E-state index < -0.39 is 17.8 Å². The standard InChI is InChI=1S/C19H21FN2O3/c20-11-5-6-16-14(9-11)15-10-22(8-7-17(15)21-16)18(23)12-3-1-2-4-13(12)19(24)25/h5-6,9,12-13,21H,1-4,7-8,10H2,(H,24,25)/t12-,13-/m1/s1. The van der Waals surface area contributed by atoms with Crippen LogP contribution < -0.4 is 0 Å². The summed E-state index contributed by atoms with van der Waals surface area (Å²) in [4.78, 5) is 29.6. The number of amides is 1. The van der Waals surface area contributed by atoms with E-state index in [1.54, 1.807) is 11.0 Å². The summed E-state index contributed by atoms with van der Waals surface area (Å²) in [7, 11) is 0. The highest BCUT2D eigenvalue weighted by atomic mass is 19.1. The Morgan fingerprint density at radius 2 is 1.96 bits per heavy atom. The Labute approximate surface area is 144 Å². The van der Waals surface area contributed by atoms with Crippen LogP contribution in [0.2, 0.25) is 0 Å². The van der Waals surface area contributed by atoms with E-state index in [4.69, 9.17) is 0 Å². The lowest BCUT2D eigenvalue weighted by Crippen LogP contribution is -2.44. The van der Waals surface area contributed by atoms with Crippen molar-refractivity contribution in [3.8, 4) is 0 Å². The number of hydrogen-bond acceptors (Lipinski definition) is 2. The SMILES string of the molecule is O=C(O)[C@@H]1CCCC[C@H]1C(=O)N1CCc2[nH]c3ccc(F)cc3c2C1. The van der Waals surface area contributed by atoms with Crippen molar-refractivity contribution in [2.24, 2.45) is 11.8 Å². The van der Waals surface area contributed by atoms with E-state index in [1.165, 1.54) is 12.1 Å². The van der Waals surface area contributed by atoms with Gasteiger partial charge in [-0.15, -0.1) is 0 Å². The Hall–Kier alpha value is -2.37. The van der Waals surface area contributed by atoms with Crippen LogP contribution in [0.15, 0.2) is 18.2 Å². The van der Waals surface area contributed by atoms with Gasteiger partial charge in [0.05, 0.1) is 11.8 Å². The molecule has 0 bridgehead atoms. The van der Waals surface area contributed by atoms with Crippen molar-refractivity contribution in [3.05, 3.63) is 35.3 Å². The molecule has 1 aromatic heterocycles. The molecule has 132 valence electrons. The molecule has 2 aliphatic rings. The van der Waals surface area contributed by atoms with Crippen LogP contribution in [0.4, 0.5) is 4.39 Å². The molecule has 1 aromatic carbocycles. The lowest BCUT2D eigenvalue weighted by molar-refractivity contribution is -0.152. The first-order chi connectivity index (χ1) is 12.0. The van der Waals surface area contributed by atoms with Gasteiger partial charge in [0.15, 0.2) is 0 Å². The number of aromatic amines is 1. The maximum atomic E-state index is 13.6. The lowest BCUT2D eigenvalue weighted by Gasteiger charge is -2.34. The topological polar surface area (TPSA) is 73.4 Å². The van der Waals surface area contributed by atoms with E-state index in [0.717, 1.165) is 35.0 Å². The van der Waals surface area contributed by atoms with E-state index in [1.807, 2.05) is 0 Å². The molecule has 0 unspecified atom stereocenters. The van der Waals surface area contributed by atoms with Gasteiger partial charge in [-0.3, -0.25) is 9.59 Å². The number of rotatable bonds is 2. The predicted octanol–water partition coefficient (Wildman–Crippen LogP) is 3.08. The molecule has 1 fully saturated rings. The van der Waals surface area contributed by atoms with E-state index >= 15 is 0 Å². The zero-order chi connectivity index (χ0) is 17.6. The van der Waals surface area contributed by atoms with Gasteiger partial charge in [-0.25, -0.2) is 4.39 Å². The fraction of sp³-hybridized carbons (Fsp3) is 0.474. The Balaban J connectivity index is 1.61. The largest absolute Gasteiger partial charge is 0.481 e. The molecule has 1 aliphatic carbocycles. The zero-order valence-corrected chi connectivity index (χ0v) is 13.9. The number of nitrogens with one attached hydrogen (secondary N) is 1. The number of fused-ring (bicyclic) bond motifs is 3. The van der Waals surface area contributed by atoms with Crippen LogP contribution >= 0.6 is 0 Å². The zero-order valence-electron chi connectivity index (χ0n) is 13.9. The molecule has 0 saturated heterocycles.